The van der Waals surface area contributed by atoms with E-state index >= 15 is 0 Å². The normalized spacial score (nSPS) is 15.4. The van der Waals surface area contributed by atoms with Gasteiger partial charge in [-0.3, -0.25) is 4.79 Å². The summed E-state index contributed by atoms with van der Waals surface area (Å²) in [6.07, 6.45) is 2.14. The number of methoxy groups -OCH3 is 2. The largest absolute Gasteiger partial charge is 0.497 e. The fourth-order valence-electron chi connectivity index (χ4n) is 4.03. The van der Waals surface area contributed by atoms with E-state index in [0.29, 0.717) is 5.84 Å². The third-order valence-electron chi connectivity index (χ3n) is 5.77. The zero-order valence-corrected chi connectivity index (χ0v) is 19.1. The van der Waals surface area contributed by atoms with Gasteiger partial charge in [0.15, 0.2) is 0 Å². The Labute approximate surface area is 199 Å². The molecule has 1 atom stereocenters. The van der Waals surface area contributed by atoms with Crippen molar-refractivity contribution in [1.82, 2.24) is 10.2 Å². The molecule has 0 aromatic heterocycles. The van der Waals surface area contributed by atoms with Gasteiger partial charge in [-0.05, 0) is 34.9 Å². The third kappa shape index (κ3) is 4.65. The number of rotatable bonds is 7. The van der Waals surface area contributed by atoms with Gasteiger partial charge in [0.2, 0.25) is 6.35 Å². The quantitative estimate of drug-likeness (QED) is 0.419. The number of nitrogens with zero attached hydrogens (tertiary/aromatic N) is 2. The average molecular weight is 458 g/mol. The summed E-state index contributed by atoms with van der Waals surface area (Å²) in [6, 6.07) is 28.0. The van der Waals surface area contributed by atoms with Crippen LogP contribution in [0.2, 0.25) is 0 Å². The second-order valence-electron chi connectivity index (χ2n) is 7.76. The zero-order valence-electron chi connectivity index (χ0n) is 19.1. The van der Waals surface area contributed by atoms with Gasteiger partial charge in [-0.1, -0.05) is 72.8 Å². The van der Waals surface area contributed by atoms with Crippen LogP contribution in [0.5, 0.6) is 5.75 Å². The summed E-state index contributed by atoms with van der Waals surface area (Å²) in [7, 11) is 2.94. The molecule has 0 radical (unpaired) electrons. The molecular formula is C27H27N3O4. The zero-order chi connectivity index (χ0) is 24.0. The van der Waals surface area contributed by atoms with Crippen molar-refractivity contribution in [3.8, 4) is 5.75 Å². The maximum Gasteiger partial charge on any atom is 0.325 e. The fourth-order valence-corrected chi connectivity index (χ4v) is 4.03. The molecule has 2 N–H and O–H groups in total. The van der Waals surface area contributed by atoms with Gasteiger partial charge in [0.25, 0.3) is 0 Å². The summed E-state index contributed by atoms with van der Waals surface area (Å²) in [6.45, 7) is -0.105. The van der Waals surface area contributed by atoms with E-state index < -0.39 is 17.9 Å². The molecule has 0 saturated heterocycles. The Morgan fingerprint density at radius 2 is 1.50 bits per heavy atom. The Kier molecular flexibility index (Phi) is 6.94. The number of benzene rings is 3. The molecular weight excluding hydrogens is 430 g/mol. The van der Waals surface area contributed by atoms with Crippen LogP contribution in [0, 0.1) is 0 Å². The summed E-state index contributed by atoms with van der Waals surface area (Å²) in [5.74, 6) is 0.760. The highest BCUT2D eigenvalue weighted by Gasteiger charge is 2.37. The third-order valence-corrected chi connectivity index (χ3v) is 5.77. The van der Waals surface area contributed by atoms with Crippen molar-refractivity contribution in [3.63, 3.8) is 0 Å². The number of amidine groups is 1. The van der Waals surface area contributed by atoms with E-state index in [1.165, 1.54) is 12.0 Å². The number of ether oxygens (including phenoxy) is 2. The van der Waals surface area contributed by atoms with Crippen LogP contribution in [-0.2, 0) is 15.1 Å². The van der Waals surface area contributed by atoms with E-state index in [4.69, 9.17) is 9.47 Å². The number of nitrogens with one attached hydrogen (secondary N) is 1. The SMILES string of the molecule is COC(=O)CN1C=CC(NC(c2ccccc2)(c2ccccc2)c2ccc(OC)cc2)=NC1O. The molecule has 1 aliphatic heterocycles. The minimum absolute atomic E-state index is 0.105. The number of esters is 1. The lowest BCUT2D eigenvalue weighted by Gasteiger charge is -2.39. The first-order valence-corrected chi connectivity index (χ1v) is 10.9. The van der Waals surface area contributed by atoms with E-state index in [1.54, 1.807) is 19.4 Å². The second kappa shape index (κ2) is 10.2. The number of carbonyl (C=O) groups is 1. The van der Waals surface area contributed by atoms with Gasteiger partial charge >= 0.3 is 5.97 Å². The van der Waals surface area contributed by atoms with Crippen LogP contribution >= 0.6 is 0 Å². The van der Waals surface area contributed by atoms with Crippen LogP contribution in [0.3, 0.4) is 0 Å². The summed E-state index contributed by atoms with van der Waals surface area (Å²) in [5.41, 5.74) is 2.14. The molecule has 1 aliphatic rings. The minimum Gasteiger partial charge on any atom is -0.497 e. The lowest BCUT2D eigenvalue weighted by atomic mass is 9.77. The average Bonchev–Trinajstić information content (AvgIpc) is 2.90. The molecule has 34 heavy (non-hydrogen) atoms. The molecule has 3 aromatic rings. The van der Waals surface area contributed by atoms with E-state index in [1.807, 2.05) is 60.7 Å². The van der Waals surface area contributed by atoms with E-state index in [0.717, 1.165) is 22.4 Å². The van der Waals surface area contributed by atoms with Crippen molar-refractivity contribution in [2.45, 2.75) is 11.9 Å². The lowest BCUT2D eigenvalue weighted by molar-refractivity contribution is -0.143. The molecule has 0 aliphatic carbocycles. The van der Waals surface area contributed by atoms with Crippen molar-refractivity contribution in [2.24, 2.45) is 4.99 Å². The van der Waals surface area contributed by atoms with Crippen LogP contribution in [0.4, 0.5) is 0 Å². The summed E-state index contributed by atoms with van der Waals surface area (Å²) >= 11 is 0. The highest BCUT2D eigenvalue weighted by molar-refractivity contribution is 5.95. The topological polar surface area (TPSA) is 83.4 Å². The molecule has 1 heterocycles. The van der Waals surface area contributed by atoms with Gasteiger partial charge in [0.1, 0.15) is 23.7 Å². The highest BCUT2D eigenvalue weighted by atomic mass is 16.5. The Balaban J connectivity index is 1.82. The van der Waals surface area contributed by atoms with Gasteiger partial charge in [0, 0.05) is 6.20 Å². The predicted molar refractivity (Wildman–Crippen MR) is 130 cm³/mol. The number of hydrogen-bond donors (Lipinski definition) is 2. The van der Waals surface area contributed by atoms with Gasteiger partial charge in [-0.25, -0.2) is 4.99 Å². The van der Waals surface area contributed by atoms with E-state index in [-0.39, 0.29) is 6.54 Å². The van der Waals surface area contributed by atoms with Gasteiger partial charge in [-0.15, -0.1) is 0 Å². The Bertz CT molecular complexity index is 1120. The lowest BCUT2D eigenvalue weighted by Crippen LogP contribution is -2.49. The minimum atomic E-state index is -1.23. The summed E-state index contributed by atoms with van der Waals surface area (Å²) in [4.78, 5) is 17.5. The van der Waals surface area contributed by atoms with Crippen LogP contribution in [0.15, 0.2) is 102 Å². The smallest absolute Gasteiger partial charge is 0.325 e. The number of carbonyl (C=O) groups excluding carboxylic acids is 1. The fraction of sp³-hybridized carbons (Fsp3) is 0.185. The summed E-state index contributed by atoms with van der Waals surface area (Å²) < 4.78 is 10.1. The number of aliphatic hydroxyl groups is 1. The molecule has 4 rings (SSSR count). The van der Waals surface area contributed by atoms with Gasteiger partial charge in [-0.2, -0.15) is 0 Å². The van der Waals surface area contributed by atoms with Gasteiger partial charge < -0.3 is 24.8 Å². The molecule has 1 unspecified atom stereocenters. The molecule has 0 spiro atoms. The molecule has 7 nitrogen and oxygen atoms in total. The van der Waals surface area contributed by atoms with E-state index in [2.05, 4.69) is 34.6 Å². The van der Waals surface area contributed by atoms with Crippen molar-refractivity contribution in [2.75, 3.05) is 20.8 Å². The van der Waals surface area contributed by atoms with Crippen LogP contribution in [0.1, 0.15) is 16.7 Å². The molecule has 0 saturated carbocycles. The predicted octanol–water partition coefficient (Wildman–Crippen LogP) is 3.25. The monoisotopic (exact) mass is 457 g/mol. The van der Waals surface area contributed by atoms with Crippen LogP contribution in [-0.4, -0.2) is 48.9 Å². The second-order valence-corrected chi connectivity index (χ2v) is 7.76. The van der Waals surface area contributed by atoms with Crippen molar-refractivity contribution >= 4 is 11.8 Å². The molecule has 0 fully saturated rings. The van der Waals surface area contributed by atoms with Gasteiger partial charge in [0.05, 0.1) is 14.2 Å². The maximum atomic E-state index is 11.7. The number of aliphatic hydroxyl groups excluding tert-OH is 1. The first-order chi connectivity index (χ1) is 16.6. The van der Waals surface area contributed by atoms with Crippen LogP contribution < -0.4 is 10.1 Å². The van der Waals surface area contributed by atoms with Crippen molar-refractivity contribution in [1.29, 1.82) is 0 Å². The first-order valence-electron chi connectivity index (χ1n) is 10.9. The number of hydrogen-bond acceptors (Lipinski definition) is 7. The van der Waals surface area contributed by atoms with Crippen molar-refractivity contribution in [3.05, 3.63) is 114 Å². The molecule has 7 heteroatoms. The summed E-state index contributed by atoms with van der Waals surface area (Å²) in [5, 5.41) is 14.2. The Morgan fingerprint density at radius 3 is 2.00 bits per heavy atom. The number of aliphatic imine (C=N–C) groups is 1. The maximum absolute atomic E-state index is 11.7. The molecule has 174 valence electrons. The van der Waals surface area contributed by atoms with Crippen molar-refractivity contribution < 1.29 is 19.4 Å². The highest BCUT2D eigenvalue weighted by Crippen LogP contribution is 2.37. The Morgan fingerprint density at radius 1 is 0.941 bits per heavy atom. The molecule has 0 amide bonds. The first kappa shape index (κ1) is 23.1. The van der Waals surface area contributed by atoms with E-state index in [9.17, 15) is 9.90 Å². The molecule has 0 bridgehead atoms. The molecule has 3 aromatic carbocycles. The van der Waals surface area contributed by atoms with Crippen LogP contribution in [0.25, 0.3) is 0 Å². The Hall–Kier alpha value is -4.10. The standard InChI is InChI=1S/C27H27N3O4/c1-33-23-15-13-22(14-16-23)27(20-9-5-3-6-10-20,21-11-7-4-8-12-21)29-24-17-18-30(26(32)28-24)19-25(31)34-2/h3-18,26,32H,19H2,1-2H3,(H,28,29).